The van der Waals surface area contributed by atoms with Crippen molar-refractivity contribution in [1.82, 2.24) is 9.55 Å². The van der Waals surface area contributed by atoms with Gasteiger partial charge in [0, 0.05) is 18.1 Å². The van der Waals surface area contributed by atoms with Crippen molar-refractivity contribution in [1.29, 1.82) is 5.26 Å². The topological polar surface area (TPSA) is 67.6 Å². The Kier molecular flexibility index (Phi) is 3.07. The Morgan fingerprint density at radius 2 is 1.94 bits per heavy atom. The van der Waals surface area contributed by atoms with E-state index in [4.69, 9.17) is 11.0 Å². The Balaban J connectivity index is 2.57. The second-order valence-electron chi connectivity index (χ2n) is 4.41. The zero-order chi connectivity index (χ0) is 13.3. The van der Waals surface area contributed by atoms with Gasteiger partial charge < -0.3 is 10.3 Å². The molecule has 0 aliphatic carbocycles. The normalized spacial score (nSPS) is 12.1. The Bertz CT molecular complexity index is 605. The third-order valence-corrected chi connectivity index (χ3v) is 3.48. The summed E-state index contributed by atoms with van der Waals surface area (Å²) in [4.78, 5) is 4.01. The Morgan fingerprint density at radius 3 is 2.44 bits per heavy atom. The fourth-order valence-corrected chi connectivity index (χ4v) is 2.29. The van der Waals surface area contributed by atoms with Crippen molar-refractivity contribution in [3.63, 3.8) is 0 Å². The molecule has 2 aromatic heterocycles. The van der Waals surface area contributed by atoms with Gasteiger partial charge in [0.1, 0.15) is 11.9 Å². The second kappa shape index (κ2) is 4.53. The third kappa shape index (κ3) is 1.74. The van der Waals surface area contributed by atoms with Crippen LogP contribution in [0, 0.1) is 25.2 Å². The first kappa shape index (κ1) is 12.2. The summed E-state index contributed by atoms with van der Waals surface area (Å²) in [7, 11) is 0. The van der Waals surface area contributed by atoms with Gasteiger partial charge in [0.05, 0.1) is 11.6 Å². The molecule has 0 fully saturated rings. The highest BCUT2D eigenvalue weighted by Crippen LogP contribution is 2.30. The Morgan fingerprint density at radius 1 is 1.33 bits per heavy atom. The van der Waals surface area contributed by atoms with Gasteiger partial charge >= 0.3 is 0 Å². The molecule has 0 amide bonds. The molecular weight excluding hydrogens is 224 g/mol. The summed E-state index contributed by atoms with van der Waals surface area (Å²) in [5, 5.41) is 9.14. The summed E-state index contributed by atoms with van der Waals surface area (Å²) in [5.74, 6) is 0.539. The fraction of sp³-hybridized carbons (Fsp3) is 0.286. The minimum absolute atomic E-state index is 0.0915. The molecule has 4 nitrogen and oxygen atoms in total. The van der Waals surface area contributed by atoms with E-state index in [1.54, 1.807) is 12.4 Å². The van der Waals surface area contributed by atoms with E-state index in [-0.39, 0.29) is 6.04 Å². The molecule has 0 bridgehead atoms. The number of hydrogen-bond donors (Lipinski definition) is 1. The number of hydrogen-bond acceptors (Lipinski definition) is 3. The molecule has 1 unspecified atom stereocenters. The zero-order valence-electron chi connectivity index (χ0n) is 10.8. The van der Waals surface area contributed by atoms with Crippen LogP contribution in [0.2, 0.25) is 0 Å². The van der Waals surface area contributed by atoms with Crippen molar-refractivity contribution in [3.05, 3.63) is 46.9 Å². The summed E-state index contributed by atoms with van der Waals surface area (Å²) in [6, 6.07) is 6.19. The highest BCUT2D eigenvalue weighted by Gasteiger charge is 2.19. The van der Waals surface area contributed by atoms with Crippen LogP contribution < -0.4 is 5.73 Å². The molecule has 92 valence electrons. The molecule has 0 saturated carbocycles. The van der Waals surface area contributed by atoms with E-state index in [0.717, 1.165) is 16.8 Å². The molecule has 1 atom stereocenters. The van der Waals surface area contributed by atoms with E-state index in [2.05, 4.69) is 18.0 Å². The smallest absolute Gasteiger partial charge is 0.122 e. The van der Waals surface area contributed by atoms with Crippen molar-refractivity contribution in [2.24, 2.45) is 0 Å². The molecular formula is C14H16N4. The van der Waals surface area contributed by atoms with Gasteiger partial charge in [0.15, 0.2) is 0 Å². The predicted octanol–water partition coefficient (Wildman–Crippen LogP) is 2.56. The molecule has 0 aliphatic heterocycles. The van der Waals surface area contributed by atoms with Gasteiger partial charge in [-0.05, 0) is 44.0 Å². The molecule has 0 saturated heterocycles. The van der Waals surface area contributed by atoms with Gasteiger partial charge in [-0.2, -0.15) is 5.26 Å². The van der Waals surface area contributed by atoms with Crippen LogP contribution in [0.25, 0.3) is 0 Å². The van der Waals surface area contributed by atoms with Gasteiger partial charge in [-0.1, -0.05) is 0 Å². The number of nitrogens with zero attached hydrogens (tertiary/aromatic N) is 3. The second-order valence-corrected chi connectivity index (χ2v) is 4.41. The number of aromatic nitrogens is 2. The van der Waals surface area contributed by atoms with Crippen LogP contribution in [0.3, 0.4) is 0 Å². The molecule has 2 aromatic rings. The van der Waals surface area contributed by atoms with E-state index in [0.29, 0.717) is 11.4 Å². The van der Waals surface area contributed by atoms with Crippen LogP contribution in [0.15, 0.2) is 24.5 Å². The number of rotatable bonds is 2. The minimum Gasteiger partial charge on any atom is -0.384 e. The third-order valence-electron chi connectivity index (χ3n) is 3.48. The molecule has 4 heteroatoms. The van der Waals surface area contributed by atoms with Gasteiger partial charge in [-0.15, -0.1) is 0 Å². The van der Waals surface area contributed by atoms with Crippen molar-refractivity contribution in [2.45, 2.75) is 26.8 Å². The number of nitrogen functional groups attached to an aromatic ring is 1. The van der Waals surface area contributed by atoms with Gasteiger partial charge in [-0.25, -0.2) is 0 Å². The molecule has 0 aliphatic rings. The van der Waals surface area contributed by atoms with E-state index < -0.39 is 0 Å². The van der Waals surface area contributed by atoms with E-state index >= 15 is 0 Å². The lowest BCUT2D eigenvalue weighted by Gasteiger charge is -2.18. The maximum Gasteiger partial charge on any atom is 0.122 e. The highest BCUT2D eigenvalue weighted by atomic mass is 15.1. The number of nitriles is 1. The number of anilines is 1. The molecule has 2 heterocycles. The van der Waals surface area contributed by atoms with Gasteiger partial charge in [0.25, 0.3) is 0 Å². The van der Waals surface area contributed by atoms with Crippen molar-refractivity contribution in [3.8, 4) is 6.07 Å². The number of nitrogens with two attached hydrogens (primary N) is 1. The molecule has 0 aromatic carbocycles. The quantitative estimate of drug-likeness (QED) is 0.877. The predicted molar refractivity (Wildman–Crippen MR) is 71.1 cm³/mol. The minimum atomic E-state index is 0.0915. The molecule has 0 radical (unpaired) electrons. The van der Waals surface area contributed by atoms with Gasteiger partial charge in [0.2, 0.25) is 0 Å². The van der Waals surface area contributed by atoms with E-state index in [1.807, 2.05) is 30.5 Å². The largest absolute Gasteiger partial charge is 0.384 e. The molecule has 2 rings (SSSR count). The average Bonchev–Trinajstić information content (AvgIpc) is 2.60. The summed E-state index contributed by atoms with van der Waals surface area (Å²) in [6.07, 6.45) is 3.53. The maximum atomic E-state index is 9.14. The molecule has 2 N–H and O–H groups in total. The summed E-state index contributed by atoms with van der Waals surface area (Å²) >= 11 is 0. The lowest BCUT2D eigenvalue weighted by atomic mass is 10.1. The maximum absolute atomic E-state index is 9.14. The zero-order valence-corrected chi connectivity index (χ0v) is 10.8. The first-order chi connectivity index (χ1) is 8.57. The van der Waals surface area contributed by atoms with Crippen LogP contribution in [0.1, 0.15) is 35.3 Å². The van der Waals surface area contributed by atoms with Crippen LogP contribution in [0.4, 0.5) is 5.82 Å². The summed E-state index contributed by atoms with van der Waals surface area (Å²) < 4.78 is 2.00. The van der Waals surface area contributed by atoms with Crippen LogP contribution in [-0.2, 0) is 0 Å². The summed E-state index contributed by atoms with van der Waals surface area (Å²) in [5.41, 5.74) is 9.77. The van der Waals surface area contributed by atoms with Crippen LogP contribution >= 0.6 is 0 Å². The lowest BCUT2D eigenvalue weighted by Crippen LogP contribution is -2.11. The average molecular weight is 240 g/mol. The van der Waals surface area contributed by atoms with Crippen LogP contribution in [0.5, 0.6) is 0 Å². The monoisotopic (exact) mass is 240 g/mol. The van der Waals surface area contributed by atoms with Crippen LogP contribution in [-0.4, -0.2) is 9.55 Å². The molecule has 18 heavy (non-hydrogen) atoms. The fourth-order valence-electron chi connectivity index (χ4n) is 2.29. The van der Waals surface area contributed by atoms with Crippen molar-refractivity contribution < 1.29 is 0 Å². The number of pyridine rings is 1. The first-order valence-electron chi connectivity index (χ1n) is 5.84. The van der Waals surface area contributed by atoms with Crippen molar-refractivity contribution >= 4 is 5.82 Å². The SMILES string of the molecule is Cc1c(C#N)c(N)n(C(C)c2ccncc2)c1C. The Hall–Kier alpha value is -2.28. The Labute approximate surface area is 107 Å². The summed E-state index contributed by atoms with van der Waals surface area (Å²) in [6.45, 7) is 5.99. The van der Waals surface area contributed by atoms with E-state index in [9.17, 15) is 0 Å². The molecule has 0 spiro atoms. The standard InChI is InChI=1S/C14H16N4/c1-9-10(2)18(14(16)13(9)8-15)11(3)12-4-6-17-7-5-12/h4-7,11H,16H2,1-3H3. The highest BCUT2D eigenvalue weighted by molar-refractivity contribution is 5.58. The first-order valence-corrected chi connectivity index (χ1v) is 5.84. The van der Waals surface area contributed by atoms with Gasteiger partial charge in [-0.3, -0.25) is 4.98 Å². The van der Waals surface area contributed by atoms with Crippen molar-refractivity contribution in [2.75, 3.05) is 5.73 Å². The lowest BCUT2D eigenvalue weighted by molar-refractivity contribution is 0.632. The van der Waals surface area contributed by atoms with E-state index in [1.165, 1.54) is 0 Å².